The Morgan fingerprint density at radius 3 is 2.00 bits per heavy atom. The first-order valence-corrected chi connectivity index (χ1v) is 2.73. The quantitative estimate of drug-likeness (QED) is 0.459. The molecule has 1 rings (SSSR count). The van der Waals surface area contributed by atoms with Crippen LogP contribution < -0.4 is 0 Å². The molecule has 0 saturated carbocycles. The molecule has 0 radical (unpaired) electrons. The van der Waals surface area contributed by atoms with Crippen LogP contribution in [0.3, 0.4) is 0 Å². The van der Waals surface area contributed by atoms with Gasteiger partial charge < -0.3 is 5.11 Å². The summed E-state index contributed by atoms with van der Waals surface area (Å²) in [5.41, 5.74) is 0. The van der Waals surface area contributed by atoms with Crippen LogP contribution in [0.15, 0.2) is 20.7 Å². The fourth-order valence-corrected chi connectivity index (χ4v) is 0.352. The molecular weight excluding hydrogens is 159 g/mol. The van der Waals surface area contributed by atoms with Crippen LogP contribution in [0.4, 0.5) is 0 Å². The van der Waals surface area contributed by atoms with E-state index < -0.39 is 0 Å². The normalized spacial score (nSPS) is 13.2. The Morgan fingerprint density at radius 1 is 1.45 bits per heavy atom. The van der Waals surface area contributed by atoms with E-state index in [1.165, 1.54) is 0 Å². The molecule has 1 heterocycles. The van der Waals surface area contributed by atoms with Crippen molar-refractivity contribution >= 4 is 36.0 Å². The Hall–Kier alpha value is -0.330. The monoisotopic (exact) mass is 168 g/mol. The van der Waals surface area contributed by atoms with Crippen molar-refractivity contribution in [2.75, 3.05) is 0 Å². The molecule has 0 fully saturated rings. The molecule has 0 aromatic heterocycles. The molecule has 0 bridgehead atoms. The summed E-state index contributed by atoms with van der Waals surface area (Å²) in [5.74, 6) is 0. The van der Waals surface area contributed by atoms with Crippen molar-refractivity contribution in [3.8, 4) is 0 Å². The van der Waals surface area contributed by atoms with Crippen molar-refractivity contribution in [2.45, 2.75) is 19.5 Å². The van der Waals surface area contributed by atoms with E-state index in [2.05, 4.69) is 20.7 Å². The van der Waals surface area contributed by atoms with Gasteiger partial charge in [-0.15, -0.1) is 10.2 Å². The number of hydrogen-bond donors (Lipinski definition) is 1. The number of carboxylic acid groups (broad SMARTS) is 1. The van der Waals surface area contributed by atoms with Crippen LogP contribution in [0, 0.1) is 0 Å². The maximum absolute atomic E-state index is 8.36. The summed E-state index contributed by atoms with van der Waals surface area (Å²) < 4.78 is 0. The van der Waals surface area contributed by atoms with Crippen molar-refractivity contribution in [2.24, 2.45) is 20.7 Å². The van der Waals surface area contributed by atoms with E-state index in [1.807, 2.05) is 6.92 Å². The van der Waals surface area contributed by atoms with Crippen molar-refractivity contribution in [3.05, 3.63) is 0 Å². The van der Waals surface area contributed by atoms with E-state index >= 15 is 0 Å². The molecule has 0 atom stereocenters. The molecule has 1 N–H and O–H groups in total. The van der Waals surface area contributed by atoms with Gasteiger partial charge in [0.15, 0.2) is 6.17 Å². The molecule has 0 saturated heterocycles. The Balaban J connectivity index is 0. The van der Waals surface area contributed by atoms with Crippen molar-refractivity contribution in [3.63, 3.8) is 0 Å². The van der Waals surface area contributed by atoms with Crippen LogP contribution in [-0.2, 0) is 4.79 Å². The Morgan fingerprint density at radius 2 is 1.82 bits per heavy atom. The van der Waals surface area contributed by atoms with E-state index in [0.29, 0.717) is 0 Å². The van der Waals surface area contributed by atoms with Gasteiger partial charge in [-0.3, -0.25) is 4.79 Å². The van der Waals surface area contributed by atoms with Crippen LogP contribution in [0.25, 0.3) is 0 Å². The van der Waals surface area contributed by atoms with Crippen molar-refractivity contribution in [1.82, 2.24) is 0 Å². The Kier molecular flexibility index (Phi) is 11.7. The molecule has 0 aromatic rings. The van der Waals surface area contributed by atoms with Crippen molar-refractivity contribution < 1.29 is 9.90 Å². The molecule has 0 aliphatic carbocycles. The second-order valence-electron chi connectivity index (χ2n) is 1.40. The third-order valence-electron chi connectivity index (χ3n) is 0.775. The number of hydrogen-bond acceptors (Lipinski definition) is 5. The van der Waals surface area contributed by atoms with E-state index in [0.717, 1.165) is 6.42 Å². The second-order valence-corrected chi connectivity index (χ2v) is 1.40. The molecule has 7 heteroatoms. The van der Waals surface area contributed by atoms with Gasteiger partial charge in [-0.2, -0.15) is 0 Å². The summed E-state index contributed by atoms with van der Waals surface area (Å²) in [5, 5.41) is 20.8. The summed E-state index contributed by atoms with van der Waals surface area (Å²) in [7, 11) is 0. The first-order valence-electron chi connectivity index (χ1n) is 2.73. The van der Waals surface area contributed by atoms with Gasteiger partial charge in [0.25, 0.3) is 6.47 Å². The second kappa shape index (κ2) is 9.67. The van der Waals surface area contributed by atoms with Crippen LogP contribution in [0.2, 0.25) is 0 Å². The van der Waals surface area contributed by atoms with Crippen LogP contribution in [-0.4, -0.2) is 47.3 Å². The number of rotatable bonds is 1. The molecule has 6 nitrogen and oxygen atoms in total. The zero-order valence-corrected chi connectivity index (χ0v) is 5.51. The summed E-state index contributed by atoms with van der Waals surface area (Å²) >= 11 is 0. The first kappa shape index (κ1) is 13.3. The summed E-state index contributed by atoms with van der Waals surface area (Å²) in [4.78, 5) is 8.36. The third kappa shape index (κ3) is 7.57. The average Bonchev–Trinajstić information content (AvgIpc) is 2.39. The minimum atomic E-state index is -0.250. The molecule has 0 amide bonds. The van der Waals surface area contributed by atoms with Gasteiger partial charge in [-0.05, 0) is 16.9 Å². The summed E-state index contributed by atoms with van der Waals surface area (Å²) in [6, 6.07) is 0. The van der Waals surface area contributed by atoms with E-state index in [4.69, 9.17) is 9.90 Å². The van der Waals surface area contributed by atoms with E-state index in [1.54, 1.807) is 0 Å². The van der Waals surface area contributed by atoms with E-state index in [-0.39, 0.29) is 42.2 Å². The summed E-state index contributed by atoms with van der Waals surface area (Å²) in [6.07, 6.45) is 0.910. The molecule has 58 valence electrons. The van der Waals surface area contributed by atoms with Gasteiger partial charge in [-0.1, -0.05) is 6.92 Å². The predicted molar refractivity (Wildman–Crippen MR) is 39.6 cm³/mol. The van der Waals surface area contributed by atoms with Crippen LogP contribution in [0.5, 0.6) is 0 Å². The predicted octanol–water partition coefficient (Wildman–Crippen LogP) is 0.608. The van der Waals surface area contributed by atoms with Gasteiger partial charge in [0.1, 0.15) is 0 Å². The molecule has 0 aromatic carbocycles. The zero-order chi connectivity index (χ0) is 7.82. The zero-order valence-electron chi connectivity index (χ0n) is 5.51. The first-order chi connectivity index (χ1) is 4.85. The molecular formula is C4H9N4NaO2. The fourth-order valence-electron chi connectivity index (χ4n) is 0.352. The molecule has 1 aliphatic heterocycles. The number of nitrogens with zero attached hydrogens (tertiary/aromatic N) is 4. The average molecular weight is 168 g/mol. The molecule has 0 spiro atoms. The SMILES string of the molecule is CCC1N=NN=N1.O=CO.[NaH]. The van der Waals surface area contributed by atoms with Crippen LogP contribution >= 0.6 is 0 Å². The topological polar surface area (TPSA) is 86.7 Å². The van der Waals surface area contributed by atoms with Crippen LogP contribution in [0.1, 0.15) is 13.3 Å². The fraction of sp³-hybridized carbons (Fsp3) is 0.750. The van der Waals surface area contributed by atoms with Gasteiger partial charge >= 0.3 is 29.6 Å². The van der Waals surface area contributed by atoms with Gasteiger partial charge in [-0.25, -0.2) is 0 Å². The maximum atomic E-state index is 8.36. The molecule has 11 heavy (non-hydrogen) atoms. The van der Waals surface area contributed by atoms with Gasteiger partial charge in [0.05, 0.1) is 0 Å². The molecule has 1 aliphatic rings. The third-order valence-corrected chi connectivity index (χ3v) is 0.775. The van der Waals surface area contributed by atoms with E-state index in [9.17, 15) is 0 Å². The standard InChI is InChI=1S/C3H6N4.CH2O2.Na.H/c1-2-3-4-6-7-5-3;2-1-3;;/h3H,2H2,1H3;1H,(H,2,3);;. The summed E-state index contributed by atoms with van der Waals surface area (Å²) in [6.45, 7) is 1.74. The van der Waals surface area contributed by atoms with Crippen molar-refractivity contribution in [1.29, 1.82) is 0 Å². The molecule has 0 unspecified atom stereocenters. The number of carbonyl (C=O) groups is 1. The van der Waals surface area contributed by atoms with Gasteiger partial charge in [0, 0.05) is 0 Å². The Labute approximate surface area is 86.1 Å². The van der Waals surface area contributed by atoms with Gasteiger partial charge in [0.2, 0.25) is 0 Å². The Bertz CT molecular complexity index is 137. The minimum absolute atomic E-state index is 0.